The zero-order chi connectivity index (χ0) is 35.3. The van der Waals surface area contributed by atoms with Gasteiger partial charge in [-0.15, -0.1) is 0 Å². The van der Waals surface area contributed by atoms with Crippen molar-refractivity contribution < 1.29 is 0 Å². The van der Waals surface area contributed by atoms with E-state index in [1.165, 1.54) is 64.9 Å². The molecule has 4 nitrogen and oxygen atoms in total. The van der Waals surface area contributed by atoms with Gasteiger partial charge in [0.05, 0.1) is 33.3 Å². The fourth-order valence-corrected chi connectivity index (χ4v) is 8.87. The second-order valence-electron chi connectivity index (χ2n) is 14.2. The van der Waals surface area contributed by atoms with Crippen LogP contribution in [0.3, 0.4) is 0 Å². The van der Waals surface area contributed by atoms with Gasteiger partial charge in [0, 0.05) is 38.2 Å². The van der Waals surface area contributed by atoms with Crippen LogP contribution in [0.5, 0.6) is 0 Å². The molecular formula is C50H30N4. The number of hydrogen-bond acceptors (Lipinski definition) is 2. The molecule has 0 aliphatic carbocycles. The molecule has 250 valence electrons. The van der Waals surface area contributed by atoms with E-state index in [-0.39, 0.29) is 0 Å². The molecule has 0 atom stereocenters. The van der Waals surface area contributed by atoms with Crippen molar-refractivity contribution in [2.75, 3.05) is 0 Å². The summed E-state index contributed by atoms with van der Waals surface area (Å²) in [7, 11) is 0. The van der Waals surface area contributed by atoms with Gasteiger partial charge in [-0.3, -0.25) is 4.57 Å². The Bertz CT molecular complexity index is 3510. The maximum atomic E-state index is 5.52. The molecule has 0 radical (unpaired) electrons. The van der Waals surface area contributed by atoms with Gasteiger partial charge < -0.3 is 4.57 Å². The highest BCUT2D eigenvalue weighted by atomic mass is 15.2. The van der Waals surface area contributed by atoms with E-state index >= 15 is 0 Å². The van der Waals surface area contributed by atoms with Crippen molar-refractivity contribution in [2.24, 2.45) is 0 Å². The molecule has 0 fully saturated rings. The van der Waals surface area contributed by atoms with E-state index in [0.717, 1.165) is 38.9 Å². The highest BCUT2D eigenvalue weighted by Crippen LogP contribution is 2.41. The summed E-state index contributed by atoms with van der Waals surface area (Å²) >= 11 is 0. The van der Waals surface area contributed by atoms with Gasteiger partial charge in [0.2, 0.25) is 5.95 Å². The van der Waals surface area contributed by atoms with Gasteiger partial charge in [0.1, 0.15) is 0 Å². The van der Waals surface area contributed by atoms with Crippen LogP contribution in [-0.2, 0) is 0 Å². The smallest absolute Gasteiger partial charge is 0.235 e. The normalized spacial score (nSPS) is 12.1. The maximum absolute atomic E-state index is 5.52. The third-order valence-corrected chi connectivity index (χ3v) is 11.3. The predicted molar refractivity (Wildman–Crippen MR) is 226 cm³/mol. The molecule has 0 amide bonds. The second kappa shape index (κ2) is 11.1. The third kappa shape index (κ3) is 4.13. The van der Waals surface area contributed by atoms with E-state index in [1.807, 2.05) is 0 Å². The molecular weight excluding hydrogens is 657 g/mol. The zero-order valence-electron chi connectivity index (χ0n) is 29.1. The van der Waals surface area contributed by atoms with Crippen molar-refractivity contribution in [2.45, 2.75) is 0 Å². The largest absolute Gasteiger partial charge is 0.309 e. The number of hydrogen-bond donors (Lipinski definition) is 0. The van der Waals surface area contributed by atoms with Crippen molar-refractivity contribution >= 4 is 86.8 Å². The molecule has 54 heavy (non-hydrogen) atoms. The topological polar surface area (TPSA) is 35.6 Å². The van der Waals surface area contributed by atoms with Crippen LogP contribution in [0.25, 0.3) is 110 Å². The molecule has 12 aromatic rings. The molecule has 0 bridgehead atoms. The third-order valence-electron chi connectivity index (χ3n) is 11.3. The molecule has 3 heterocycles. The summed E-state index contributed by atoms with van der Waals surface area (Å²) in [4.78, 5) is 10.9. The minimum atomic E-state index is 0.650. The Morgan fingerprint density at radius 1 is 0.333 bits per heavy atom. The fraction of sp³-hybridized carbons (Fsp3) is 0. The highest BCUT2D eigenvalue weighted by molar-refractivity contribution is 6.22. The Kier molecular flexibility index (Phi) is 6.02. The molecule has 3 aromatic heterocycles. The molecule has 0 saturated heterocycles. The summed E-state index contributed by atoms with van der Waals surface area (Å²) in [6.45, 7) is 0. The number of aromatic nitrogens is 4. The van der Waals surface area contributed by atoms with Crippen LogP contribution in [-0.4, -0.2) is 19.1 Å². The molecule has 0 N–H and O–H groups in total. The summed E-state index contributed by atoms with van der Waals surface area (Å²) < 4.78 is 4.70. The summed E-state index contributed by atoms with van der Waals surface area (Å²) in [6, 6.07) is 65.5. The first-order valence-electron chi connectivity index (χ1n) is 18.4. The molecule has 9 aromatic carbocycles. The molecule has 12 rings (SSSR count). The second-order valence-corrected chi connectivity index (χ2v) is 14.2. The Balaban J connectivity index is 1.21. The van der Waals surface area contributed by atoms with Crippen LogP contribution in [0.1, 0.15) is 0 Å². The van der Waals surface area contributed by atoms with Gasteiger partial charge in [-0.25, -0.2) is 9.97 Å². The summed E-state index contributed by atoms with van der Waals surface area (Å²) in [6.07, 6.45) is 0. The minimum absolute atomic E-state index is 0.650. The van der Waals surface area contributed by atoms with E-state index in [1.54, 1.807) is 0 Å². The van der Waals surface area contributed by atoms with Gasteiger partial charge >= 0.3 is 0 Å². The lowest BCUT2D eigenvalue weighted by molar-refractivity contribution is 1.01. The monoisotopic (exact) mass is 686 g/mol. The number of para-hydroxylation sites is 2. The Morgan fingerprint density at radius 3 is 1.83 bits per heavy atom. The quantitative estimate of drug-likeness (QED) is 0.185. The lowest BCUT2D eigenvalue weighted by atomic mass is 9.99. The number of rotatable bonds is 3. The number of benzene rings is 9. The zero-order valence-corrected chi connectivity index (χ0v) is 29.1. The van der Waals surface area contributed by atoms with Crippen LogP contribution in [0.15, 0.2) is 182 Å². The van der Waals surface area contributed by atoms with Gasteiger partial charge in [-0.05, 0) is 74.8 Å². The van der Waals surface area contributed by atoms with Crippen molar-refractivity contribution in [3.63, 3.8) is 0 Å². The van der Waals surface area contributed by atoms with Gasteiger partial charge in [0.25, 0.3) is 0 Å². The molecule has 0 unspecified atom stereocenters. The van der Waals surface area contributed by atoms with Gasteiger partial charge in [-0.2, -0.15) is 0 Å². The van der Waals surface area contributed by atoms with E-state index in [0.29, 0.717) is 5.95 Å². The average Bonchev–Trinajstić information content (AvgIpc) is 3.74. The molecule has 0 aliphatic rings. The lowest BCUT2D eigenvalue weighted by Crippen LogP contribution is -2.04. The van der Waals surface area contributed by atoms with Crippen LogP contribution in [0.2, 0.25) is 0 Å². The first-order valence-corrected chi connectivity index (χ1v) is 18.4. The number of nitrogens with zero attached hydrogens (tertiary/aromatic N) is 4. The fourth-order valence-electron chi connectivity index (χ4n) is 8.87. The van der Waals surface area contributed by atoms with Crippen LogP contribution < -0.4 is 0 Å². The molecule has 0 saturated carbocycles. The summed E-state index contributed by atoms with van der Waals surface area (Å²) in [5.74, 6) is 0.650. The summed E-state index contributed by atoms with van der Waals surface area (Å²) in [5, 5.41) is 13.1. The highest BCUT2D eigenvalue weighted by Gasteiger charge is 2.21. The average molecular weight is 687 g/mol. The van der Waals surface area contributed by atoms with Gasteiger partial charge in [-0.1, -0.05) is 140 Å². The molecule has 0 spiro atoms. The van der Waals surface area contributed by atoms with Crippen LogP contribution >= 0.6 is 0 Å². The Labute approximate surface area is 309 Å². The molecule has 0 aliphatic heterocycles. The van der Waals surface area contributed by atoms with E-state index in [4.69, 9.17) is 9.97 Å². The summed E-state index contributed by atoms with van der Waals surface area (Å²) in [5.41, 5.74) is 8.51. The van der Waals surface area contributed by atoms with Crippen molar-refractivity contribution in [1.29, 1.82) is 0 Å². The minimum Gasteiger partial charge on any atom is -0.309 e. The van der Waals surface area contributed by atoms with Gasteiger partial charge in [0.15, 0.2) is 0 Å². The number of fused-ring (bicyclic) bond motifs is 11. The van der Waals surface area contributed by atoms with Crippen molar-refractivity contribution in [3.8, 4) is 22.9 Å². The van der Waals surface area contributed by atoms with E-state index < -0.39 is 0 Å². The van der Waals surface area contributed by atoms with Crippen molar-refractivity contribution in [3.05, 3.63) is 182 Å². The lowest BCUT2D eigenvalue weighted by Gasteiger charge is -2.14. The van der Waals surface area contributed by atoms with E-state index in [9.17, 15) is 0 Å². The Morgan fingerprint density at radius 2 is 0.981 bits per heavy atom. The maximum Gasteiger partial charge on any atom is 0.235 e. The SMILES string of the molecule is c1ccc2cc3c(cc2c1)c1ccccc1n3-c1ccc2c3c4ccccc4ccc3n(-c3nc(-c4cccc5ccccc45)c4ccccc4n3)c2c1. The van der Waals surface area contributed by atoms with Crippen LogP contribution in [0.4, 0.5) is 0 Å². The first-order chi connectivity index (χ1) is 26.8. The van der Waals surface area contributed by atoms with E-state index in [2.05, 4.69) is 191 Å². The molecule has 4 heteroatoms. The van der Waals surface area contributed by atoms with Crippen LogP contribution in [0, 0.1) is 0 Å². The Hall–Kier alpha value is -7.30. The van der Waals surface area contributed by atoms with Crippen molar-refractivity contribution in [1.82, 2.24) is 19.1 Å². The standard InChI is InChI=1S/C50H30N4/c1-2-15-34-29-46-42(28-33(34)14-1)38-19-8-10-23-44(38)53(46)35-25-26-41-47(30-35)54(45-27-24-32-13-4-6-18-37(32)48(41)45)50-51-43-22-9-7-20-40(43)49(52-50)39-21-11-16-31-12-3-5-17-36(31)39/h1-30H. The first kappa shape index (κ1) is 29.3. The predicted octanol–water partition coefficient (Wildman–Crippen LogP) is 13.0.